The Kier molecular flexibility index (Phi) is 7.08. The molecule has 2 N–H and O–H groups in total. The zero-order valence-corrected chi connectivity index (χ0v) is 9.84. The number of anilines is 1. The van der Waals surface area contributed by atoms with Crippen LogP contribution in [0.4, 0.5) is 5.69 Å². The predicted molar refractivity (Wildman–Crippen MR) is 60.9 cm³/mol. The molecule has 5 heteroatoms. The Balaban J connectivity index is 0. The van der Waals surface area contributed by atoms with E-state index in [2.05, 4.69) is 12.0 Å². The number of rotatable bonds is 2. The highest BCUT2D eigenvalue weighted by Crippen LogP contribution is 2.14. The van der Waals surface area contributed by atoms with E-state index in [0.717, 1.165) is 30.0 Å². The van der Waals surface area contributed by atoms with E-state index in [1.165, 1.54) is 0 Å². The predicted octanol–water partition coefficient (Wildman–Crippen LogP) is 2.34. The molecule has 0 spiro atoms. The van der Waals surface area contributed by atoms with Crippen molar-refractivity contribution in [1.82, 2.24) is 9.78 Å². The van der Waals surface area contributed by atoms with Crippen molar-refractivity contribution in [2.24, 2.45) is 0 Å². The maximum Gasteiger partial charge on any atom is 0.0825 e. The van der Waals surface area contributed by atoms with Crippen molar-refractivity contribution >= 4 is 30.5 Å². The molecule has 0 aliphatic heterocycles. The van der Waals surface area contributed by atoms with Crippen LogP contribution in [0.15, 0.2) is 0 Å². The van der Waals surface area contributed by atoms with Gasteiger partial charge in [0.15, 0.2) is 0 Å². The van der Waals surface area contributed by atoms with Gasteiger partial charge < -0.3 is 5.73 Å². The van der Waals surface area contributed by atoms with Gasteiger partial charge in [0.25, 0.3) is 0 Å². The smallest absolute Gasteiger partial charge is 0.0825 e. The molecule has 1 aromatic rings. The Morgan fingerprint density at radius 2 is 1.85 bits per heavy atom. The molecule has 0 amide bonds. The Hall–Kier alpha value is -0.410. The van der Waals surface area contributed by atoms with Crippen LogP contribution in [0, 0.1) is 13.8 Å². The van der Waals surface area contributed by atoms with Crippen molar-refractivity contribution in [2.45, 2.75) is 33.7 Å². The van der Waals surface area contributed by atoms with Crippen molar-refractivity contribution in [3.8, 4) is 0 Å². The normalized spacial score (nSPS) is 8.85. The SMILES string of the molecule is CCCn1nc(C)c(N)c1C.Cl.Cl. The minimum atomic E-state index is 0. The van der Waals surface area contributed by atoms with Gasteiger partial charge in [-0.25, -0.2) is 0 Å². The molecule has 0 radical (unpaired) electrons. The molecule has 0 saturated carbocycles. The third-order valence-corrected chi connectivity index (χ3v) is 1.87. The minimum Gasteiger partial charge on any atom is -0.396 e. The van der Waals surface area contributed by atoms with Gasteiger partial charge in [0, 0.05) is 6.54 Å². The lowest BCUT2D eigenvalue weighted by atomic mass is 10.3. The molecule has 0 unspecified atom stereocenters. The van der Waals surface area contributed by atoms with Crippen LogP contribution < -0.4 is 5.73 Å². The number of aromatic nitrogens is 2. The van der Waals surface area contributed by atoms with Crippen LogP contribution in [0.25, 0.3) is 0 Å². The summed E-state index contributed by atoms with van der Waals surface area (Å²) >= 11 is 0. The lowest BCUT2D eigenvalue weighted by molar-refractivity contribution is 0.583. The Labute approximate surface area is 91.5 Å². The summed E-state index contributed by atoms with van der Waals surface area (Å²) in [6.07, 6.45) is 1.10. The zero-order chi connectivity index (χ0) is 8.43. The first kappa shape index (κ1) is 15.1. The summed E-state index contributed by atoms with van der Waals surface area (Å²) in [6, 6.07) is 0. The molecule has 78 valence electrons. The van der Waals surface area contributed by atoms with Crippen molar-refractivity contribution in [2.75, 3.05) is 5.73 Å². The third-order valence-electron chi connectivity index (χ3n) is 1.87. The van der Waals surface area contributed by atoms with Gasteiger partial charge in [-0.2, -0.15) is 5.10 Å². The molecule has 3 nitrogen and oxygen atoms in total. The highest BCUT2D eigenvalue weighted by atomic mass is 35.5. The van der Waals surface area contributed by atoms with E-state index >= 15 is 0 Å². The molecule has 1 aromatic heterocycles. The quantitative estimate of drug-likeness (QED) is 0.841. The summed E-state index contributed by atoms with van der Waals surface area (Å²) in [4.78, 5) is 0. The first-order valence-electron chi connectivity index (χ1n) is 3.96. The zero-order valence-electron chi connectivity index (χ0n) is 8.20. The van der Waals surface area contributed by atoms with Gasteiger partial charge in [-0.05, 0) is 20.3 Å². The van der Waals surface area contributed by atoms with Crippen molar-refractivity contribution in [1.29, 1.82) is 0 Å². The number of hydrogen-bond donors (Lipinski definition) is 1. The van der Waals surface area contributed by atoms with Crippen LogP contribution in [-0.2, 0) is 6.54 Å². The van der Waals surface area contributed by atoms with E-state index in [1.807, 2.05) is 18.5 Å². The number of hydrogen-bond acceptors (Lipinski definition) is 2. The molecule has 0 fully saturated rings. The molecule has 0 aliphatic carbocycles. The molecule has 0 aromatic carbocycles. The second-order valence-electron chi connectivity index (χ2n) is 2.81. The summed E-state index contributed by atoms with van der Waals surface area (Å²) in [5.41, 5.74) is 8.61. The van der Waals surface area contributed by atoms with E-state index in [1.54, 1.807) is 0 Å². The van der Waals surface area contributed by atoms with Crippen LogP contribution in [0.2, 0.25) is 0 Å². The molecule has 0 atom stereocenters. The second-order valence-corrected chi connectivity index (χ2v) is 2.81. The van der Waals surface area contributed by atoms with Crippen molar-refractivity contribution in [3.05, 3.63) is 11.4 Å². The van der Waals surface area contributed by atoms with E-state index in [-0.39, 0.29) is 24.8 Å². The van der Waals surface area contributed by atoms with E-state index in [4.69, 9.17) is 5.73 Å². The molecule has 1 heterocycles. The highest BCUT2D eigenvalue weighted by Gasteiger charge is 2.05. The van der Waals surface area contributed by atoms with Crippen LogP contribution in [0.1, 0.15) is 24.7 Å². The van der Waals surface area contributed by atoms with Crippen molar-refractivity contribution < 1.29 is 0 Å². The first-order valence-corrected chi connectivity index (χ1v) is 3.96. The summed E-state index contributed by atoms with van der Waals surface area (Å²) < 4.78 is 1.96. The molecular weight excluding hydrogens is 209 g/mol. The topological polar surface area (TPSA) is 43.8 Å². The van der Waals surface area contributed by atoms with Gasteiger partial charge in [-0.15, -0.1) is 24.8 Å². The molecule has 1 rings (SSSR count). The van der Waals surface area contributed by atoms with Crippen LogP contribution in [0.5, 0.6) is 0 Å². The first-order chi connectivity index (χ1) is 5.16. The van der Waals surface area contributed by atoms with Gasteiger partial charge in [0.1, 0.15) is 0 Å². The fraction of sp³-hybridized carbons (Fsp3) is 0.625. The van der Waals surface area contributed by atoms with Gasteiger partial charge >= 0.3 is 0 Å². The lowest BCUT2D eigenvalue weighted by Crippen LogP contribution is -2.01. The van der Waals surface area contributed by atoms with E-state index in [9.17, 15) is 0 Å². The summed E-state index contributed by atoms with van der Waals surface area (Å²) in [7, 11) is 0. The standard InChI is InChI=1S/C8H15N3.2ClH/c1-4-5-11-7(3)8(9)6(2)10-11;;/h4-5,9H2,1-3H3;2*1H. The monoisotopic (exact) mass is 225 g/mol. The van der Waals surface area contributed by atoms with Crippen LogP contribution >= 0.6 is 24.8 Å². The van der Waals surface area contributed by atoms with Gasteiger partial charge in [-0.3, -0.25) is 4.68 Å². The number of nitrogens with two attached hydrogens (primary N) is 1. The van der Waals surface area contributed by atoms with Gasteiger partial charge in [-0.1, -0.05) is 6.92 Å². The molecule has 0 aliphatic rings. The molecule has 0 bridgehead atoms. The fourth-order valence-corrected chi connectivity index (χ4v) is 1.14. The van der Waals surface area contributed by atoms with E-state index in [0.29, 0.717) is 0 Å². The summed E-state index contributed by atoms with van der Waals surface area (Å²) in [5, 5.41) is 4.29. The van der Waals surface area contributed by atoms with Gasteiger partial charge in [0.05, 0.1) is 17.1 Å². The molecule has 13 heavy (non-hydrogen) atoms. The highest BCUT2D eigenvalue weighted by molar-refractivity contribution is 5.85. The van der Waals surface area contributed by atoms with E-state index < -0.39 is 0 Å². The lowest BCUT2D eigenvalue weighted by Gasteiger charge is -1.99. The third kappa shape index (κ3) is 3.08. The Morgan fingerprint density at radius 1 is 1.31 bits per heavy atom. The summed E-state index contributed by atoms with van der Waals surface area (Å²) in [5.74, 6) is 0. The average Bonchev–Trinajstić information content (AvgIpc) is 2.19. The minimum absolute atomic E-state index is 0. The maximum absolute atomic E-state index is 5.75. The number of aryl methyl sites for hydroxylation is 2. The maximum atomic E-state index is 5.75. The van der Waals surface area contributed by atoms with Crippen LogP contribution in [0.3, 0.4) is 0 Å². The number of nitrogens with zero attached hydrogens (tertiary/aromatic N) is 2. The number of halogens is 2. The largest absolute Gasteiger partial charge is 0.396 e. The van der Waals surface area contributed by atoms with Crippen molar-refractivity contribution in [3.63, 3.8) is 0 Å². The van der Waals surface area contributed by atoms with Gasteiger partial charge in [0.2, 0.25) is 0 Å². The number of nitrogen functional groups attached to an aromatic ring is 1. The molecular formula is C8H17Cl2N3. The Bertz CT molecular complexity index is 258. The second kappa shape index (κ2) is 6.11. The summed E-state index contributed by atoms with van der Waals surface area (Å²) in [6.45, 7) is 7.04. The fourth-order valence-electron chi connectivity index (χ4n) is 1.14. The Morgan fingerprint density at radius 3 is 2.15 bits per heavy atom. The van der Waals surface area contributed by atoms with Crippen LogP contribution in [-0.4, -0.2) is 9.78 Å². The molecule has 0 saturated heterocycles. The average molecular weight is 226 g/mol.